The largest absolute Gasteiger partial charge is 0.396 e. The van der Waals surface area contributed by atoms with E-state index in [9.17, 15) is 14.4 Å². The predicted molar refractivity (Wildman–Crippen MR) is 125 cm³/mol. The Balaban J connectivity index is 1.77. The lowest BCUT2D eigenvalue weighted by atomic mass is 9.78. The van der Waals surface area contributed by atoms with E-state index in [1.807, 2.05) is 37.8 Å². The molecule has 4 aliphatic rings. The van der Waals surface area contributed by atoms with Gasteiger partial charge in [0.2, 0.25) is 17.7 Å². The van der Waals surface area contributed by atoms with Crippen LogP contribution in [0.15, 0.2) is 24.3 Å². The molecule has 0 aromatic rings. The summed E-state index contributed by atoms with van der Waals surface area (Å²) in [6, 6.07) is -0.615. The van der Waals surface area contributed by atoms with Crippen LogP contribution < -0.4 is 0 Å². The van der Waals surface area contributed by atoms with Gasteiger partial charge in [-0.3, -0.25) is 14.4 Å². The third-order valence-electron chi connectivity index (χ3n) is 7.23. The highest BCUT2D eigenvalue weighted by molar-refractivity contribution is 8.02. The molecule has 2 fully saturated rings. The zero-order valence-corrected chi connectivity index (χ0v) is 20.3. The lowest BCUT2D eigenvalue weighted by molar-refractivity contribution is -0.145. The monoisotopic (exact) mass is 461 g/mol. The van der Waals surface area contributed by atoms with Crippen LogP contribution in [0.2, 0.25) is 0 Å². The number of carbonyl (C=O) groups is 3. The second-order valence-corrected chi connectivity index (χ2v) is 11.8. The van der Waals surface area contributed by atoms with Crippen LogP contribution in [0.1, 0.15) is 40.0 Å². The Morgan fingerprint density at radius 2 is 1.81 bits per heavy atom. The van der Waals surface area contributed by atoms with Gasteiger partial charge in [0.15, 0.2) is 0 Å². The van der Waals surface area contributed by atoms with Gasteiger partial charge in [-0.15, -0.1) is 11.8 Å². The van der Waals surface area contributed by atoms with Crippen LogP contribution >= 0.6 is 11.8 Å². The maximum absolute atomic E-state index is 14.0. The third kappa shape index (κ3) is 3.59. The molecule has 7 nitrogen and oxygen atoms in total. The van der Waals surface area contributed by atoms with E-state index < -0.39 is 22.6 Å². The van der Waals surface area contributed by atoms with Gasteiger partial charge >= 0.3 is 0 Å². The van der Waals surface area contributed by atoms with Gasteiger partial charge < -0.3 is 19.8 Å². The summed E-state index contributed by atoms with van der Waals surface area (Å²) in [5.41, 5.74) is -0.375. The van der Waals surface area contributed by atoms with Crippen LogP contribution in [0, 0.1) is 11.8 Å². The fraction of sp³-hybridized carbons (Fsp3) is 0.708. The van der Waals surface area contributed by atoms with E-state index in [1.165, 1.54) is 0 Å². The van der Waals surface area contributed by atoms with E-state index in [0.29, 0.717) is 26.1 Å². The number of fused-ring (bicyclic) bond motifs is 2. The molecule has 0 radical (unpaired) electrons. The van der Waals surface area contributed by atoms with Crippen molar-refractivity contribution < 1.29 is 19.5 Å². The highest BCUT2D eigenvalue weighted by atomic mass is 32.2. The van der Waals surface area contributed by atoms with Crippen molar-refractivity contribution >= 4 is 29.5 Å². The molecule has 3 amide bonds. The highest BCUT2D eigenvalue weighted by Crippen LogP contribution is 2.61. The fourth-order valence-electron chi connectivity index (χ4n) is 5.68. The van der Waals surface area contributed by atoms with Gasteiger partial charge in [0.25, 0.3) is 0 Å². The summed E-state index contributed by atoms with van der Waals surface area (Å²) in [6.07, 6.45) is 10.4. The van der Waals surface area contributed by atoms with Crippen LogP contribution in [0.5, 0.6) is 0 Å². The number of aliphatic hydroxyl groups is 1. The Kier molecular flexibility index (Phi) is 6.22. The smallest absolute Gasteiger partial charge is 0.247 e. The van der Waals surface area contributed by atoms with Gasteiger partial charge in [0.05, 0.1) is 16.6 Å². The van der Waals surface area contributed by atoms with Gasteiger partial charge in [-0.2, -0.15) is 0 Å². The molecular weight excluding hydrogens is 426 g/mol. The van der Waals surface area contributed by atoms with Crippen molar-refractivity contribution in [1.29, 1.82) is 0 Å². The standard InChI is InChI=1S/C24H35N3O4S/c1-23(2,3)27-14-9-11-24-18(17-16(32-24)10-8-12-25(4)20(17)29)21(30)26(19(24)22(27)31)13-6-5-7-15-28/h8-11,16-19,28H,5-7,12-15H2,1-4H3/t16-,17+,18+,19?,24+/m1/s1. The number of hydrogen-bond donors (Lipinski definition) is 1. The molecule has 1 spiro atoms. The Bertz CT molecular complexity index is 851. The van der Waals surface area contributed by atoms with Crippen molar-refractivity contribution in [1.82, 2.24) is 14.7 Å². The number of amides is 3. The first-order chi connectivity index (χ1) is 15.1. The minimum Gasteiger partial charge on any atom is -0.396 e. The van der Waals surface area contributed by atoms with Gasteiger partial charge in [-0.1, -0.05) is 24.3 Å². The van der Waals surface area contributed by atoms with E-state index in [1.54, 1.807) is 28.6 Å². The van der Waals surface area contributed by atoms with E-state index in [2.05, 4.69) is 12.2 Å². The van der Waals surface area contributed by atoms with Gasteiger partial charge in [-0.25, -0.2) is 0 Å². The minimum atomic E-state index is -0.737. The number of aliphatic hydroxyl groups excluding tert-OH is 1. The molecule has 0 aromatic carbocycles. The lowest BCUT2D eigenvalue weighted by Gasteiger charge is -2.40. The Labute approximate surface area is 194 Å². The van der Waals surface area contributed by atoms with E-state index in [4.69, 9.17) is 5.11 Å². The van der Waals surface area contributed by atoms with Crippen molar-refractivity contribution in [3.05, 3.63) is 24.3 Å². The van der Waals surface area contributed by atoms with E-state index in [0.717, 1.165) is 12.8 Å². The lowest BCUT2D eigenvalue weighted by Crippen LogP contribution is -2.57. The average Bonchev–Trinajstić information content (AvgIpc) is 3.03. The maximum atomic E-state index is 14.0. The molecule has 0 bridgehead atoms. The molecular formula is C24H35N3O4S. The van der Waals surface area contributed by atoms with Gasteiger partial charge in [0.1, 0.15) is 6.04 Å². The summed E-state index contributed by atoms with van der Waals surface area (Å²) >= 11 is 1.63. The molecule has 5 atom stereocenters. The van der Waals surface area contributed by atoms with Crippen LogP contribution in [0.25, 0.3) is 0 Å². The van der Waals surface area contributed by atoms with Crippen LogP contribution in [-0.2, 0) is 14.4 Å². The normalized spacial score (nSPS) is 34.5. The predicted octanol–water partition coefficient (Wildman–Crippen LogP) is 1.67. The molecule has 0 saturated carbocycles. The van der Waals surface area contributed by atoms with Crippen molar-refractivity contribution in [2.45, 2.75) is 61.6 Å². The third-order valence-corrected chi connectivity index (χ3v) is 8.97. The molecule has 8 heteroatoms. The summed E-state index contributed by atoms with van der Waals surface area (Å²) in [4.78, 5) is 46.6. The number of rotatable bonds is 5. The zero-order valence-electron chi connectivity index (χ0n) is 19.5. The van der Waals surface area contributed by atoms with Crippen molar-refractivity contribution in [2.75, 3.05) is 33.3 Å². The summed E-state index contributed by atoms with van der Waals surface area (Å²) < 4.78 is -0.737. The van der Waals surface area contributed by atoms with Crippen molar-refractivity contribution in [3.63, 3.8) is 0 Å². The fourth-order valence-corrected chi connectivity index (χ4v) is 7.68. The highest BCUT2D eigenvalue weighted by Gasteiger charge is 2.71. The van der Waals surface area contributed by atoms with Gasteiger partial charge in [-0.05, 0) is 40.0 Å². The Morgan fingerprint density at radius 1 is 1.06 bits per heavy atom. The summed E-state index contributed by atoms with van der Waals surface area (Å²) in [7, 11) is 1.78. The van der Waals surface area contributed by atoms with Crippen molar-refractivity contribution in [3.8, 4) is 0 Å². The number of likely N-dealkylation sites (tertiary alicyclic amines) is 1. The first-order valence-electron chi connectivity index (χ1n) is 11.6. The summed E-state index contributed by atoms with van der Waals surface area (Å²) in [6.45, 7) is 7.69. The first-order valence-corrected chi connectivity index (χ1v) is 12.5. The van der Waals surface area contributed by atoms with Crippen LogP contribution in [-0.4, -0.2) is 92.4 Å². The topological polar surface area (TPSA) is 81.2 Å². The van der Waals surface area contributed by atoms with Crippen LogP contribution in [0.4, 0.5) is 0 Å². The zero-order chi connectivity index (χ0) is 23.3. The number of nitrogens with zero attached hydrogens (tertiary/aromatic N) is 3. The molecule has 0 aromatic heterocycles. The SMILES string of the molecule is CN1CC=C[C@H]2S[C@]34C=CCN(C(C)(C)C)C(=O)C3N(CCCCCO)C(=O)[C@@H]4[C@H]2C1=O. The van der Waals surface area contributed by atoms with E-state index in [-0.39, 0.29) is 35.1 Å². The number of thioether (sulfide) groups is 1. The minimum absolute atomic E-state index is 0.0126. The Hall–Kier alpha value is -1.80. The number of carbonyl (C=O) groups excluding carboxylic acids is 3. The second kappa shape index (κ2) is 8.52. The summed E-state index contributed by atoms with van der Waals surface area (Å²) in [5, 5.41) is 9.03. The molecule has 4 aliphatic heterocycles. The molecule has 4 rings (SSSR count). The number of likely N-dealkylation sites (N-methyl/N-ethyl adjacent to an activating group) is 1. The maximum Gasteiger partial charge on any atom is 0.247 e. The second-order valence-electron chi connectivity index (χ2n) is 10.3. The molecule has 0 aliphatic carbocycles. The average molecular weight is 462 g/mol. The molecule has 1 N–H and O–H groups in total. The quantitative estimate of drug-likeness (QED) is 0.498. The van der Waals surface area contributed by atoms with Crippen LogP contribution in [0.3, 0.4) is 0 Å². The summed E-state index contributed by atoms with van der Waals surface area (Å²) in [5.74, 6) is -1.13. The number of hydrogen-bond acceptors (Lipinski definition) is 5. The molecule has 32 heavy (non-hydrogen) atoms. The van der Waals surface area contributed by atoms with Gasteiger partial charge in [0, 0.05) is 44.1 Å². The Morgan fingerprint density at radius 3 is 2.50 bits per heavy atom. The molecule has 4 heterocycles. The number of unbranched alkanes of at least 4 members (excludes halogenated alkanes) is 2. The van der Waals surface area contributed by atoms with E-state index >= 15 is 0 Å². The van der Waals surface area contributed by atoms with Crippen molar-refractivity contribution in [2.24, 2.45) is 11.8 Å². The first kappa shape index (κ1) is 23.4. The molecule has 2 saturated heterocycles. The molecule has 176 valence electrons. The molecule has 1 unspecified atom stereocenters.